The van der Waals surface area contributed by atoms with E-state index in [-0.39, 0.29) is 18.2 Å². The highest BCUT2D eigenvalue weighted by atomic mass is 32.2. The summed E-state index contributed by atoms with van der Waals surface area (Å²) in [6.07, 6.45) is 5.36. The molecular formula is C22H21N3O2S. The van der Waals surface area contributed by atoms with E-state index in [4.69, 9.17) is 4.98 Å². The fraction of sp³-hybridized carbons (Fsp3) is 0.364. The lowest BCUT2D eigenvalue weighted by Gasteiger charge is -2.15. The zero-order valence-electron chi connectivity index (χ0n) is 15.8. The molecule has 2 heterocycles. The molecule has 1 saturated heterocycles. The minimum absolute atomic E-state index is 0.126. The number of rotatable bonds is 3. The zero-order chi connectivity index (χ0) is 19.7. The van der Waals surface area contributed by atoms with Crippen LogP contribution in [-0.2, 0) is 22.4 Å². The van der Waals surface area contributed by atoms with Gasteiger partial charge < -0.3 is 0 Å². The molecule has 2 amide bonds. The molecule has 1 aliphatic carbocycles. The van der Waals surface area contributed by atoms with Crippen molar-refractivity contribution < 1.29 is 9.59 Å². The van der Waals surface area contributed by atoms with E-state index in [2.05, 4.69) is 6.07 Å². The van der Waals surface area contributed by atoms with Crippen LogP contribution in [0.4, 0.5) is 5.69 Å². The van der Waals surface area contributed by atoms with Gasteiger partial charge in [-0.05, 0) is 56.4 Å². The van der Waals surface area contributed by atoms with Gasteiger partial charge in [0.25, 0.3) is 0 Å². The first kappa shape index (κ1) is 18.7. The number of aromatic nitrogens is 1. The molecule has 2 aromatic rings. The summed E-state index contributed by atoms with van der Waals surface area (Å²) in [7, 11) is 0. The number of carbonyl (C=O) groups is 2. The number of pyridine rings is 1. The number of hydrogen-bond acceptors (Lipinski definition) is 5. The number of anilines is 1. The fourth-order valence-electron chi connectivity index (χ4n) is 3.76. The second-order valence-electron chi connectivity index (χ2n) is 7.33. The van der Waals surface area contributed by atoms with Gasteiger partial charge in [-0.3, -0.25) is 9.59 Å². The molecule has 0 saturated carbocycles. The molecular weight excluding hydrogens is 370 g/mol. The highest BCUT2D eigenvalue weighted by Gasteiger charge is 2.40. The maximum atomic E-state index is 12.9. The molecule has 0 spiro atoms. The summed E-state index contributed by atoms with van der Waals surface area (Å²) in [5.41, 5.74) is 4.35. The van der Waals surface area contributed by atoms with E-state index >= 15 is 0 Å². The standard InChI is InChI=1S/C22H21N3O2S/c1-14-7-9-17(10-8-14)25-20(26)12-19(22(25)27)28-21-16(13-23)11-15-5-3-2-4-6-18(15)24-21/h7-11,19H,2-6,12H2,1H3. The largest absolute Gasteiger partial charge is 0.274 e. The lowest BCUT2D eigenvalue weighted by Crippen LogP contribution is -2.31. The Labute approximate surface area is 168 Å². The number of thioether (sulfide) groups is 1. The van der Waals surface area contributed by atoms with Crippen LogP contribution in [0.15, 0.2) is 35.4 Å². The highest BCUT2D eigenvalue weighted by molar-refractivity contribution is 8.00. The Morgan fingerprint density at radius 2 is 1.89 bits per heavy atom. The summed E-state index contributed by atoms with van der Waals surface area (Å²) >= 11 is 1.25. The maximum Gasteiger partial charge on any atom is 0.247 e. The van der Waals surface area contributed by atoms with Gasteiger partial charge >= 0.3 is 0 Å². The van der Waals surface area contributed by atoms with E-state index in [0.29, 0.717) is 16.3 Å². The van der Waals surface area contributed by atoms with Crippen LogP contribution in [-0.4, -0.2) is 22.0 Å². The van der Waals surface area contributed by atoms with Crippen molar-refractivity contribution in [2.75, 3.05) is 4.90 Å². The van der Waals surface area contributed by atoms with Crippen LogP contribution in [0.5, 0.6) is 0 Å². The first-order valence-electron chi connectivity index (χ1n) is 9.60. The van der Waals surface area contributed by atoms with E-state index in [0.717, 1.165) is 42.5 Å². The van der Waals surface area contributed by atoms with Gasteiger partial charge in [-0.25, -0.2) is 9.88 Å². The van der Waals surface area contributed by atoms with E-state index in [1.807, 2.05) is 25.1 Å². The Bertz CT molecular complexity index is 979. The van der Waals surface area contributed by atoms with E-state index in [9.17, 15) is 14.9 Å². The van der Waals surface area contributed by atoms with Crippen molar-refractivity contribution in [3.8, 4) is 6.07 Å². The molecule has 142 valence electrons. The molecule has 1 fully saturated rings. The minimum Gasteiger partial charge on any atom is -0.274 e. The minimum atomic E-state index is -0.544. The molecule has 0 bridgehead atoms. The van der Waals surface area contributed by atoms with Gasteiger partial charge in [-0.15, -0.1) is 0 Å². The van der Waals surface area contributed by atoms with Crippen molar-refractivity contribution in [2.24, 2.45) is 0 Å². The number of amides is 2. The van der Waals surface area contributed by atoms with Crippen molar-refractivity contribution >= 4 is 29.3 Å². The quantitative estimate of drug-likeness (QED) is 0.585. The Hall–Kier alpha value is -2.65. The fourth-order valence-corrected chi connectivity index (χ4v) is 4.85. The van der Waals surface area contributed by atoms with E-state index in [1.54, 1.807) is 12.1 Å². The monoisotopic (exact) mass is 391 g/mol. The third-order valence-corrected chi connectivity index (χ3v) is 6.47. The lowest BCUT2D eigenvalue weighted by molar-refractivity contribution is -0.121. The molecule has 4 rings (SSSR count). The van der Waals surface area contributed by atoms with Crippen molar-refractivity contribution in [3.63, 3.8) is 0 Å². The number of hydrogen-bond donors (Lipinski definition) is 0. The van der Waals surface area contributed by atoms with Crippen LogP contribution < -0.4 is 4.90 Å². The van der Waals surface area contributed by atoms with Crippen LogP contribution in [0.2, 0.25) is 0 Å². The lowest BCUT2D eigenvalue weighted by atomic mass is 10.1. The number of carbonyl (C=O) groups excluding carboxylic acids is 2. The molecule has 2 aliphatic rings. The Kier molecular flexibility index (Phi) is 5.19. The van der Waals surface area contributed by atoms with Gasteiger partial charge in [-0.1, -0.05) is 35.9 Å². The van der Waals surface area contributed by atoms with Crippen molar-refractivity contribution in [1.29, 1.82) is 5.26 Å². The Balaban J connectivity index is 1.60. The first-order chi connectivity index (χ1) is 13.6. The number of fused-ring (bicyclic) bond motifs is 1. The SMILES string of the molecule is Cc1ccc(N2C(=O)CC(Sc3nc4c(cc3C#N)CCCCC4)C2=O)cc1. The van der Waals surface area contributed by atoms with Crippen molar-refractivity contribution in [1.82, 2.24) is 4.98 Å². The van der Waals surface area contributed by atoms with Crippen LogP contribution in [0, 0.1) is 18.3 Å². The van der Waals surface area contributed by atoms with Crippen LogP contribution in [0.25, 0.3) is 0 Å². The van der Waals surface area contributed by atoms with Gasteiger partial charge in [-0.2, -0.15) is 5.26 Å². The number of nitrogens with zero attached hydrogens (tertiary/aromatic N) is 3. The summed E-state index contributed by atoms with van der Waals surface area (Å²) in [4.78, 5) is 31.4. The second kappa shape index (κ2) is 7.76. The molecule has 1 unspecified atom stereocenters. The predicted molar refractivity (Wildman–Crippen MR) is 108 cm³/mol. The third kappa shape index (κ3) is 3.55. The highest BCUT2D eigenvalue weighted by Crippen LogP contribution is 2.36. The maximum absolute atomic E-state index is 12.9. The van der Waals surface area contributed by atoms with Crippen LogP contribution >= 0.6 is 11.8 Å². The van der Waals surface area contributed by atoms with Gasteiger partial charge in [0, 0.05) is 12.1 Å². The second-order valence-corrected chi connectivity index (χ2v) is 8.52. The number of aryl methyl sites for hydroxylation is 3. The van der Waals surface area contributed by atoms with Crippen LogP contribution in [0.1, 0.15) is 48.1 Å². The smallest absolute Gasteiger partial charge is 0.247 e. The molecule has 5 nitrogen and oxygen atoms in total. The van der Waals surface area contributed by atoms with Gasteiger partial charge in [0.2, 0.25) is 11.8 Å². The molecule has 1 aromatic heterocycles. The van der Waals surface area contributed by atoms with Gasteiger partial charge in [0.05, 0.1) is 16.5 Å². The molecule has 6 heteroatoms. The third-order valence-electron chi connectivity index (χ3n) is 5.29. The summed E-state index contributed by atoms with van der Waals surface area (Å²) in [5, 5.41) is 9.60. The van der Waals surface area contributed by atoms with Crippen molar-refractivity contribution in [3.05, 3.63) is 52.7 Å². The molecule has 1 aromatic carbocycles. The first-order valence-corrected chi connectivity index (χ1v) is 10.5. The number of nitriles is 1. The number of imide groups is 1. The Morgan fingerprint density at radius 1 is 1.14 bits per heavy atom. The molecule has 28 heavy (non-hydrogen) atoms. The molecule has 0 N–H and O–H groups in total. The zero-order valence-corrected chi connectivity index (χ0v) is 16.6. The summed E-state index contributed by atoms with van der Waals surface area (Å²) < 4.78 is 0. The van der Waals surface area contributed by atoms with Gasteiger partial charge in [0.1, 0.15) is 11.1 Å². The van der Waals surface area contributed by atoms with E-state index in [1.165, 1.54) is 23.1 Å². The molecule has 1 atom stereocenters. The summed E-state index contributed by atoms with van der Waals surface area (Å²) in [6.45, 7) is 1.96. The summed E-state index contributed by atoms with van der Waals surface area (Å²) in [6, 6.07) is 11.5. The topological polar surface area (TPSA) is 74.1 Å². The average molecular weight is 391 g/mol. The normalized spacial score (nSPS) is 19.3. The Morgan fingerprint density at radius 3 is 2.64 bits per heavy atom. The van der Waals surface area contributed by atoms with E-state index < -0.39 is 5.25 Å². The summed E-state index contributed by atoms with van der Waals surface area (Å²) in [5.74, 6) is -0.445. The van der Waals surface area contributed by atoms with Gasteiger partial charge in [0.15, 0.2) is 0 Å². The van der Waals surface area contributed by atoms with Crippen LogP contribution in [0.3, 0.4) is 0 Å². The predicted octanol–water partition coefficient (Wildman–Crippen LogP) is 3.95. The number of benzene rings is 1. The average Bonchev–Trinajstić information content (AvgIpc) is 2.85. The molecule has 0 radical (unpaired) electrons. The van der Waals surface area contributed by atoms with Crippen molar-refractivity contribution in [2.45, 2.75) is 55.7 Å². The molecule has 1 aliphatic heterocycles.